The van der Waals surface area contributed by atoms with Crippen molar-refractivity contribution in [2.75, 3.05) is 0 Å². The zero-order valence-electron chi connectivity index (χ0n) is 5.90. The molecule has 0 aromatic carbocycles. The van der Waals surface area contributed by atoms with Gasteiger partial charge in [0.1, 0.15) is 0 Å². The lowest BCUT2D eigenvalue weighted by atomic mass is 10.5. The number of rotatable bonds is 2. The third-order valence-corrected chi connectivity index (χ3v) is 1.12. The smallest absolute Gasteiger partial charge is 0.283 e. The maximum absolute atomic E-state index is 10.4. The topological polar surface area (TPSA) is 47.0 Å². The number of halogens is 1. The third kappa shape index (κ3) is 3.92. The van der Waals surface area contributed by atoms with Crippen LogP contribution in [0.1, 0.15) is 0 Å². The van der Waals surface area contributed by atoms with Crippen molar-refractivity contribution in [3.63, 3.8) is 0 Å². The molecule has 1 heterocycles. The molecule has 0 fully saturated rings. The summed E-state index contributed by atoms with van der Waals surface area (Å²) in [5.41, 5.74) is 4.96. The van der Waals surface area contributed by atoms with Crippen LogP contribution in [-0.2, 0) is 11.3 Å². The zero-order chi connectivity index (χ0) is 7.40. The summed E-state index contributed by atoms with van der Waals surface area (Å²) in [6.45, 7) is 0.251. The Balaban J connectivity index is 0.000001000. The highest BCUT2D eigenvalue weighted by Crippen LogP contribution is 1.75. The minimum absolute atomic E-state index is 0. The quantitative estimate of drug-likeness (QED) is 0.436. The summed E-state index contributed by atoms with van der Waals surface area (Å²) in [6.07, 6.45) is 3.59. The molecular weight excluding hydrogens is 255 g/mol. The highest BCUT2D eigenvalue weighted by Gasteiger charge is 2.00. The molecule has 0 saturated heterocycles. The summed E-state index contributed by atoms with van der Waals surface area (Å²) < 4.78 is 1.72. The monoisotopic (exact) mass is 264 g/mol. The van der Waals surface area contributed by atoms with Gasteiger partial charge in [-0.2, -0.15) is 4.57 Å². The number of amides is 1. The fourth-order valence-electron chi connectivity index (χ4n) is 0.720. The van der Waals surface area contributed by atoms with Gasteiger partial charge >= 0.3 is 0 Å². The molecule has 0 radical (unpaired) electrons. The molecule has 0 aliphatic rings. The SMILES string of the molecule is NC(=O)C[n+]1ccccc1.[I-]. The first kappa shape index (κ1) is 10.3. The number of nitrogens with two attached hydrogens (primary N) is 1. The predicted molar refractivity (Wildman–Crippen MR) is 35.8 cm³/mol. The average molecular weight is 264 g/mol. The molecule has 1 rings (SSSR count). The summed E-state index contributed by atoms with van der Waals surface area (Å²) in [4.78, 5) is 10.4. The van der Waals surface area contributed by atoms with Crippen molar-refractivity contribution in [3.8, 4) is 0 Å². The molecule has 0 bridgehead atoms. The molecular formula is C7H9IN2O. The Bertz CT molecular complexity index is 225. The van der Waals surface area contributed by atoms with Crippen LogP contribution in [0.15, 0.2) is 30.6 Å². The molecule has 60 valence electrons. The van der Waals surface area contributed by atoms with Gasteiger partial charge in [0.15, 0.2) is 12.4 Å². The number of carbonyl (C=O) groups excluding carboxylic acids is 1. The molecule has 0 unspecified atom stereocenters. The van der Waals surface area contributed by atoms with Crippen LogP contribution in [0, 0.1) is 0 Å². The standard InChI is InChI=1S/C7H8N2O.HI/c8-7(10)6-9-4-2-1-3-5-9;/h1-5H,6H2,(H-,8,10);1H. The van der Waals surface area contributed by atoms with Gasteiger partial charge in [-0.1, -0.05) is 6.07 Å². The van der Waals surface area contributed by atoms with E-state index in [0.29, 0.717) is 0 Å². The van der Waals surface area contributed by atoms with E-state index in [9.17, 15) is 4.79 Å². The number of carbonyl (C=O) groups is 1. The second-order valence-corrected chi connectivity index (χ2v) is 2.01. The fourth-order valence-corrected chi connectivity index (χ4v) is 0.720. The van der Waals surface area contributed by atoms with E-state index in [1.54, 1.807) is 17.0 Å². The van der Waals surface area contributed by atoms with Crippen LogP contribution in [-0.4, -0.2) is 5.91 Å². The molecule has 1 amide bonds. The van der Waals surface area contributed by atoms with E-state index in [1.807, 2.05) is 18.2 Å². The summed E-state index contributed by atoms with van der Waals surface area (Å²) in [5, 5.41) is 0. The first-order valence-electron chi connectivity index (χ1n) is 3.01. The van der Waals surface area contributed by atoms with Crippen LogP contribution in [0.4, 0.5) is 0 Å². The molecule has 0 atom stereocenters. The van der Waals surface area contributed by atoms with Crippen molar-refractivity contribution < 1.29 is 33.3 Å². The maximum atomic E-state index is 10.4. The summed E-state index contributed by atoms with van der Waals surface area (Å²) in [5.74, 6) is -0.323. The van der Waals surface area contributed by atoms with E-state index >= 15 is 0 Å². The van der Waals surface area contributed by atoms with Crippen molar-refractivity contribution in [1.29, 1.82) is 0 Å². The number of nitrogens with zero attached hydrogens (tertiary/aromatic N) is 1. The highest BCUT2D eigenvalue weighted by atomic mass is 127. The third-order valence-electron chi connectivity index (χ3n) is 1.12. The number of hydrogen-bond donors (Lipinski definition) is 1. The molecule has 3 nitrogen and oxygen atoms in total. The van der Waals surface area contributed by atoms with Crippen molar-refractivity contribution in [1.82, 2.24) is 0 Å². The Labute approximate surface area is 82.2 Å². The molecule has 2 N–H and O–H groups in total. The van der Waals surface area contributed by atoms with E-state index in [-0.39, 0.29) is 36.4 Å². The Morgan fingerprint density at radius 3 is 2.27 bits per heavy atom. The predicted octanol–water partition coefficient (Wildman–Crippen LogP) is -3.54. The average Bonchev–Trinajstić information content (AvgIpc) is 1.88. The van der Waals surface area contributed by atoms with E-state index < -0.39 is 0 Å². The Kier molecular flexibility index (Phi) is 4.76. The molecule has 0 aliphatic carbocycles. The van der Waals surface area contributed by atoms with Gasteiger partial charge < -0.3 is 29.7 Å². The van der Waals surface area contributed by atoms with Gasteiger partial charge in [0.25, 0.3) is 5.91 Å². The molecule has 4 heteroatoms. The lowest BCUT2D eigenvalue weighted by Crippen LogP contribution is -3.00. The van der Waals surface area contributed by atoms with Gasteiger partial charge in [0.05, 0.1) is 0 Å². The molecule has 0 aliphatic heterocycles. The number of pyridine rings is 1. The molecule has 1 aromatic heterocycles. The van der Waals surface area contributed by atoms with Gasteiger partial charge in [-0.3, -0.25) is 4.79 Å². The number of aromatic nitrogens is 1. The molecule has 0 spiro atoms. The van der Waals surface area contributed by atoms with Gasteiger partial charge in [-0.05, 0) is 0 Å². The van der Waals surface area contributed by atoms with Crippen molar-refractivity contribution in [2.24, 2.45) is 5.73 Å². The molecule has 0 saturated carbocycles. The van der Waals surface area contributed by atoms with Crippen molar-refractivity contribution in [3.05, 3.63) is 30.6 Å². The zero-order valence-corrected chi connectivity index (χ0v) is 8.06. The lowest BCUT2D eigenvalue weighted by Gasteiger charge is -1.88. The summed E-state index contributed by atoms with van der Waals surface area (Å²) in [6, 6.07) is 5.59. The van der Waals surface area contributed by atoms with E-state index in [0.717, 1.165) is 0 Å². The molecule has 11 heavy (non-hydrogen) atoms. The van der Waals surface area contributed by atoms with Crippen LogP contribution in [0.3, 0.4) is 0 Å². The lowest BCUT2D eigenvalue weighted by molar-refractivity contribution is -0.684. The highest BCUT2D eigenvalue weighted by molar-refractivity contribution is 5.72. The first-order valence-corrected chi connectivity index (χ1v) is 3.01. The van der Waals surface area contributed by atoms with E-state index in [1.165, 1.54) is 0 Å². The summed E-state index contributed by atoms with van der Waals surface area (Å²) >= 11 is 0. The largest absolute Gasteiger partial charge is 1.00 e. The Morgan fingerprint density at radius 2 is 1.82 bits per heavy atom. The Hall–Kier alpha value is -0.650. The van der Waals surface area contributed by atoms with Crippen LogP contribution in [0.2, 0.25) is 0 Å². The van der Waals surface area contributed by atoms with Crippen LogP contribution < -0.4 is 34.3 Å². The van der Waals surface area contributed by atoms with E-state index in [4.69, 9.17) is 5.73 Å². The van der Waals surface area contributed by atoms with Crippen LogP contribution >= 0.6 is 0 Å². The summed E-state index contributed by atoms with van der Waals surface area (Å²) in [7, 11) is 0. The van der Waals surface area contributed by atoms with Crippen molar-refractivity contribution in [2.45, 2.75) is 6.54 Å². The van der Waals surface area contributed by atoms with E-state index in [2.05, 4.69) is 0 Å². The fraction of sp³-hybridized carbons (Fsp3) is 0.143. The second-order valence-electron chi connectivity index (χ2n) is 2.01. The van der Waals surface area contributed by atoms with Gasteiger partial charge in [-0.15, -0.1) is 0 Å². The minimum Gasteiger partial charge on any atom is -1.00 e. The number of primary amides is 1. The van der Waals surface area contributed by atoms with Crippen LogP contribution in [0.5, 0.6) is 0 Å². The maximum Gasteiger partial charge on any atom is 0.283 e. The van der Waals surface area contributed by atoms with Gasteiger partial charge in [-0.25, -0.2) is 0 Å². The van der Waals surface area contributed by atoms with Gasteiger partial charge in [0.2, 0.25) is 6.54 Å². The minimum atomic E-state index is -0.323. The van der Waals surface area contributed by atoms with Crippen LogP contribution in [0.25, 0.3) is 0 Å². The normalized spacial score (nSPS) is 8.36. The van der Waals surface area contributed by atoms with Gasteiger partial charge in [0, 0.05) is 12.1 Å². The second kappa shape index (κ2) is 5.06. The Morgan fingerprint density at radius 1 is 1.27 bits per heavy atom. The molecule has 1 aromatic rings. The first-order chi connectivity index (χ1) is 4.79. The van der Waals surface area contributed by atoms with Crippen molar-refractivity contribution >= 4 is 5.91 Å². The number of hydrogen-bond acceptors (Lipinski definition) is 1.